The molecular weight excluding hydrogens is 283 g/mol. The fourth-order valence-electron chi connectivity index (χ4n) is 1.56. The summed E-state index contributed by atoms with van der Waals surface area (Å²) in [7, 11) is 0. The molecule has 102 valence electrons. The maximum absolute atomic E-state index is 13.3. The van der Waals surface area contributed by atoms with Crippen LogP contribution in [0.3, 0.4) is 0 Å². The number of aliphatic imine (C=N–C) groups is 1. The van der Waals surface area contributed by atoms with Crippen LogP contribution in [0.25, 0.3) is 0 Å². The molecule has 0 aliphatic carbocycles. The normalized spacial score (nSPS) is 10.9. The second-order valence-corrected chi connectivity index (χ2v) is 4.57. The second kappa shape index (κ2) is 5.79. The summed E-state index contributed by atoms with van der Waals surface area (Å²) in [5.41, 5.74) is 1.30. The highest BCUT2D eigenvalue weighted by atomic mass is 35.5. The van der Waals surface area contributed by atoms with E-state index < -0.39 is 4.92 Å². The third-order valence-electron chi connectivity index (χ3n) is 2.68. The van der Waals surface area contributed by atoms with Gasteiger partial charge in [-0.1, -0.05) is 23.7 Å². The van der Waals surface area contributed by atoms with Crippen LogP contribution in [-0.4, -0.2) is 11.1 Å². The van der Waals surface area contributed by atoms with Crippen LogP contribution in [0.4, 0.5) is 15.8 Å². The molecule has 0 bridgehead atoms. The van der Waals surface area contributed by atoms with E-state index in [1.807, 2.05) is 0 Å². The van der Waals surface area contributed by atoms with E-state index in [1.54, 1.807) is 25.1 Å². The lowest BCUT2D eigenvalue weighted by molar-refractivity contribution is -0.384. The molecule has 0 saturated carbocycles. The Morgan fingerprint density at radius 3 is 2.70 bits per heavy atom. The molecule has 0 aliphatic heterocycles. The van der Waals surface area contributed by atoms with Gasteiger partial charge < -0.3 is 0 Å². The van der Waals surface area contributed by atoms with Crippen molar-refractivity contribution in [1.29, 1.82) is 0 Å². The van der Waals surface area contributed by atoms with Crippen molar-refractivity contribution in [3.05, 3.63) is 68.5 Å². The van der Waals surface area contributed by atoms with Crippen LogP contribution in [0.5, 0.6) is 0 Å². The minimum Gasteiger partial charge on any atom is -0.258 e. The molecule has 0 amide bonds. The first kappa shape index (κ1) is 14.1. The zero-order valence-electron chi connectivity index (χ0n) is 10.5. The monoisotopic (exact) mass is 292 g/mol. The summed E-state index contributed by atoms with van der Waals surface area (Å²) in [6, 6.07) is 8.93. The van der Waals surface area contributed by atoms with Gasteiger partial charge in [0.25, 0.3) is 5.69 Å². The Hall–Kier alpha value is -2.27. The average Bonchev–Trinajstić information content (AvgIpc) is 2.41. The van der Waals surface area contributed by atoms with Crippen molar-refractivity contribution in [3.63, 3.8) is 0 Å². The smallest absolute Gasteiger partial charge is 0.258 e. The number of rotatable bonds is 3. The average molecular weight is 293 g/mol. The molecule has 0 unspecified atom stereocenters. The van der Waals surface area contributed by atoms with Gasteiger partial charge in [-0.15, -0.1) is 0 Å². The largest absolute Gasteiger partial charge is 0.288 e. The van der Waals surface area contributed by atoms with Gasteiger partial charge in [0.2, 0.25) is 0 Å². The van der Waals surface area contributed by atoms with Gasteiger partial charge in [-0.2, -0.15) is 0 Å². The highest BCUT2D eigenvalue weighted by Crippen LogP contribution is 2.25. The second-order valence-electron chi connectivity index (χ2n) is 4.16. The number of benzene rings is 2. The molecule has 0 aromatic heterocycles. The van der Waals surface area contributed by atoms with Crippen molar-refractivity contribution in [3.8, 4) is 0 Å². The molecule has 0 atom stereocenters. The number of hydrogen-bond donors (Lipinski definition) is 0. The van der Waals surface area contributed by atoms with Crippen molar-refractivity contribution < 1.29 is 9.31 Å². The quantitative estimate of drug-likeness (QED) is 0.477. The lowest BCUT2D eigenvalue weighted by Crippen LogP contribution is -1.91. The molecule has 0 spiro atoms. The first-order chi connectivity index (χ1) is 9.47. The maximum Gasteiger partial charge on any atom is 0.288 e. The first-order valence-corrected chi connectivity index (χ1v) is 6.09. The van der Waals surface area contributed by atoms with E-state index in [-0.39, 0.29) is 16.5 Å². The number of hydrogen-bond acceptors (Lipinski definition) is 3. The van der Waals surface area contributed by atoms with Gasteiger partial charge >= 0.3 is 0 Å². The highest BCUT2D eigenvalue weighted by Gasteiger charge is 2.11. The summed E-state index contributed by atoms with van der Waals surface area (Å²) in [6.07, 6.45) is 1.42. The lowest BCUT2D eigenvalue weighted by atomic mass is 10.2. The van der Waals surface area contributed by atoms with Gasteiger partial charge in [-0.25, -0.2) is 4.39 Å². The zero-order chi connectivity index (χ0) is 14.7. The third-order valence-corrected chi connectivity index (χ3v) is 3.00. The molecule has 0 N–H and O–H groups in total. The molecule has 0 saturated heterocycles. The molecular formula is C14H10ClFN2O2. The Morgan fingerprint density at radius 2 is 2.05 bits per heavy atom. The van der Waals surface area contributed by atoms with E-state index in [0.717, 1.165) is 0 Å². The Balaban J connectivity index is 2.29. The SMILES string of the molecule is Cc1ccc(N=Cc2ccc(Cl)c([N+](=O)[O-])c2)cc1F. The summed E-state index contributed by atoms with van der Waals surface area (Å²) < 4.78 is 13.3. The van der Waals surface area contributed by atoms with E-state index in [1.165, 1.54) is 24.4 Å². The van der Waals surface area contributed by atoms with Gasteiger partial charge in [0.05, 0.1) is 10.6 Å². The molecule has 0 heterocycles. The van der Waals surface area contributed by atoms with Crippen LogP contribution in [0.2, 0.25) is 5.02 Å². The highest BCUT2D eigenvalue weighted by molar-refractivity contribution is 6.32. The van der Waals surface area contributed by atoms with Crippen LogP contribution >= 0.6 is 11.6 Å². The number of nitrogens with zero attached hydrogens (tertiary/aromatic N) is 2. The Bertz CT molecular complexity index is 702. The first-order valence-electron chi connectivity index (χ1n) is 5.71. The fraction of sp³-hybridized carbons (Fsp3) is 0.0714. The van der Waals surface area contributed by atoms with Crippen LogP contribution in [0.1, 0.15) is 11.1 Å². The molecule has 0 aliphatic rings. The van der Waals surface area contributed by atoms with Crippen LogP contribution in [0, 0.1) is 22.9 Å². The standard InChI is InChI=1S/C14H10ClFN2O2/c1-9-2-4-11(7-13(9)16)17-8-10-3-5-12(15)14(6-10)18(19)20/h2-8H,1H3. The topological polar surface area (TPSA) is 55.5 Å². The summed E-state index contributed by atoms with van der Waals surface area (Å²) in [5.74, 6) is -0.346. The summed E-state index contributed by atoms with van der Waals surface area (Å²) in [6.45, 7) is 1.66. The van der Waals surface area contributed by atoms with E-state index in [0.29, 0.717) is 16.8 Å². The molecule has 2 aromatic rings. The Labute approximate surface area is 119 Å². The minimum atomic E-state index is -0.564. The molecule has 2 rings (SSSR count). The van der Waals surface area contributed by atoms with Crippen LogP contribution < -0.4 is 0 Å². The van der Waals surface area contributed by atoms with Gasteiger partial charge in [0.15, 0.2) is 0 Å². The molecule has 4 nitrogen and oxygen atoms in total. The summed E-state index contributed by atoms with van der Waals surface area (Å²) in [4.78, 5) is 14.3. The van der Waals surface area contributed by atoms with Crippen molar-refractivity contribution in [1.82, 2.24) is 0 Å². The van der Waals surface area contributed by atoms with Crippen molar-refractivity contribution >= 4 is 29.2 Å². The fourth-order valence-corrected chi connectivity index (χ4v) is 1.75. The number of aryl methyl sites for hydroxylation is 1. The van der Waals surface area contributed by atoms with Crippen molar-refractivity contribution in [2.75, 3.05) is 0 Å². The minimum absolute atomic E-state index is 0.0635. The number of halogens is 2. The van der Waals surface area contributed by atoms with Crippen molar-refractivity contribution in [2.45, 2.75) is 6.92 Å². The maximum atomic E-state index is 13.3. The van der Waals surface area contributed by atoms with E-state index in [4.69, 9.17) is 11.6 Å². The van der Waals surface area contributed by atoms with Gasteiger partial charge in [0, 0.05) is 12.3 Å². The predicted octanol–water partition coefficient (Wildman–Crippen LogP) is 4.45. The molecule has 0 fully saturated rings. The van der Waals surface area contributed by atoms with E-state index >= 15 is 0 Å². The third kappa shape index (κ3) is 3.19. The molecule has 6 heteroatoms. The Morgan fingerprint density at radius 1 is 1.30 bits per heavy atom. The summed E-state index contributed by atoms with van der Waals surface area (Å²) in [5, 5.41) is 10.8. The summed E-state index contributed by atoms with van der Waals surface area (Å²) >= 11 is 5.71. The number of nitro groups is 1. The predicted molar refractivity (Wildman–Crippen MR) is 76.5 cm³/mol. The van der Waals surface area contributed by atoms with E-state index in [2.05, 4.69) is 4.99 Å². The van der Waals surface area contributed by atoms with Gasteiger partial charge in [0.1, 0.15) is 10.8 Å². The lowest BCUT2D eigenvalue weighted by Gasteiger charge is -1.99. The molecule has 20 heavy (non-hydrogen) atoms. The van der Waals surface area contributed by atoms with Crippen molar-refractivity contribution in [2.24, 2.45) is 4.99 Å². The zero-order valence-corrected chi connectivity index (χ0v) is 11.3. The van der Waals surface area contributed by atoms with Gasteiger partial charge in [-0.05, 0) is 36.2 Å². The number of nitro benzene ring substituents is 1. The molecule has 0 radical (unpaired) electrons. The molecule has 2 aromatic carbocycles. The van der Waals surface area contributed by atoms with Crippen LogP contribution in [-0.2, 0) is 0 Å². The van der Waals surface area contributed by atoms with Gasteiger partial charge in [-0.3, -0.25) is 15.1 Å². The van der Waals surface area contributed by atoms with Crippen LogP contribution in [0.15, 0.2) is 41.4 Å². The Kier molecular flexibility index (Phi) is 4.10. The van der Waals surface area contributed by atoms with E-state index in [9.17, 15) is 14.5 Å².